The summed E-state index contributed by atoms with van der Waals surface area (Å²) in [4.78, 5) is 30.1. The van der Waals surface area contributed by atoms with E-state index in [2.05, 4.69) is 24.3 Å². The maximum atomic E-state index is 13.1. The van der Waals surface area contributed by atoms with E-state index >= 15 is 0 Å². The molecular formula is C20H16O2S2. The standard InChI is InChI=1S/C20H16O2S2/c21-15-13-9-1-5-11(6-2-9)17(13)23-19(15)20-16(22)14-10-3-7-12(8-4-10)18(14)24-20/h1,3,5,7,9-12H,2,4,6,8H2/b20-19+. The van der Waals surface area contributed by atoms with Crippen LogP contribution in [-0.4, -0.2) is 11.6 Å². The summed E-state index contributed by atoms with van der Waals surface area (Å²) in [5.41, 5.74) is 2.00. The average molecular weight is 352 g/mol. The Morgan fingerprint density at radius 3 is 1.33 bits per heavy atom. The van der Waals surface area contributed by atoms with Crippen LogP contribution in [0.3, 0.4) is 0 Å². The maximum Gasteiger partial charge on any atom is 0.198 e. The summed E-state index contributed by atoms with van der Waals surface area (Å²) in [6.07, 6.45) is 13.4. The second-order valence-electron chi connectivity index (χ2n) is 7.43. The van der Waals surface area contributed by atoms with E-state index in [0.717, 1.165) is 46.6 Å². The lowest BCUT2D eigenvalue weighted by Gasteiger charge is -2.30. The maximum absolute atomic E-state index is 13.1. The molecule has 0 amide bonds. The minimum Gasteiger partial charge on any atom is -0.288 e. The minimum absolute atomic E-state index is 0.144. The zero-order valence-corrected chi connectivity index (χ0v) is 14.7. The van der Waals surface area contributed by atoms with Crippen LogP contribution < -0.4 is 0 Å². The molecule has 0 aromatic heterocycles. The topological polar surface area (TPSA) is 34.1 Å². The highest BCUT2D eigenvalue weighted by atomic mass is 32.2. The molecule has 2 aliphatic heterocycles. The Morgan fingerprint density at radius 1 is 0.625 bits per heavy atom. The average Bonchev–Trinajstić information content (AvgIpc) is 3.18. The molecule has 120 valence electrons. The van der Waals surface area contributed by atoms with Crippen LogP contribution in [0.2, 0.25) is 0 Å². The van der Waals surface area contributed by atoms with Gasteiger partial charge in [-0.05, 0) is 25.7 Å². The van der Waals surface area contributed by atoms with E-state index in [4.69, 9.17) is 0 Å². The monoisotopic (exact) mass is 352 g/mol. The van der Waals surface area contributed by atoms with E-state index in [9.17, 15) is 9.59 Å². The third-order valence-corrected chi connectivity index (χ3v) is 9.01. The van der Waals surface area contributed by atoms with E-state index in [1.807, 2.05) is 0 Å². The second-order valence-corrected chi connectivity index (χ2v) is 9.53. The quantitative estimate of drug-likeness (QED) is 0.474. The Morgan fingerprint density at radius 2 is 1.00 bits per heavy atom. The number of thioether (sulfide) groups is 2. The van der Waals surface area contributed by atoms with Gasteiger partial charge in [-0.3, -0.25) is 9.59 Å². The van der Waals surface area contributed by atoms with Gasteiger partial charge in [0.2, 0.25) is 0 Å². The van der Waals surface area contributed by atoms with Crippen LogP contribution >= 0.6 is 23.5 Å². The number of Topliss-reactive ketones (excluding diaryl/α,β-unsaturated/α-hetero) is 2. The summed E-state index contributed by atoms with van der Waals surface area (Å²) in [7, 11) is 0. The number of hydrogen-bond donors (Lipinski definition) is 0. The molecule has 8 aliphatic rings. The number of allylic oxidation sites excluding steroid dienone is 10. The zero-order valence-electron chi connectivity index (χ0n) is 13.1. The van der Waals surface area contributed by atoms with Gasteiger partial charge in [0, 0.05) is 44.6 Å². The van der Waals surface area contributed by atoms with Gasteiger partial charge in [-0.25, -0.2) is 0 Å². The van der Waals surface area contributed by atoms with Crippen molar-refractivity contribution in [1.29, 1.82) is 0 Å². The highest BCUT2D eigenvalue weighted by Gasteiger charge is 2.47. The number of carbonyl (C=O) groups is 2. The van der Waals surface area contributed by atoms with Crippen molar-refractivity contribution in [1.82, 2.24) is 0 Å². The first kappa shape index (κ1) is 14.0. The normalized spacial score (nSPS) is 41.8. The summed E-state index contributed by atoms with van der Waals surface area (Å²) < 4.78 is 0. The summed E-state index contributed by atoms with van der Waals surface area (Å²) in [5, 5.41) is 0. The lowest BCUT2D eigenvalue weighted by molar-refractivity contribution is -0.114. The van der Waals surface area contributed by atoms with Crippen molar-refractivity contribution < 1.29 is 9.59 Å². The number of hydrogen-bond acceptors (Lipinski definition) is 4. The van der Waals surface area contributed by atoms with Crippen LogP contribution in [0.25, 0.3) is 0 Å². The first-order valence-corrected chi connectivity index (χ1v) is 10.4. The van der Waals surface area contributed by atoms with Crippen LogP contribution in [0.15, 0.2) is 55.1 Å². The van der Waals surface area contributed by atoms with Gasteiger partial charge in [-0.2, -0.15) is 0 Å². The molecule has 2 heterocycles. The van der Waals surface area contributed by atoms with Gasteiger partial charge in [0.05, 0.1) is 9.81 Å². The summed E-state index contributed by atoms with van der Waals surface area (Å²) in [6, 6.07) is 0. The van der Waals surface area contributed by atoms with E-state index in [0.29, 0.717) is 11.8 Å². The number of ketones is 2. The van der Waals surface area contributed by atoms with Crippen molar-refractivity contribution >= 4 is 35.1 Å². The molecule has 0 fully saturated rings. The van der Waals surface area contributed by atoms with Crippen molar-refractivity contribution in [2.45, 2.75) is 25.7 Å². The second kappa shape index (κ2) is 4.67. The molecule has 0 radical (unpaired) electrons. The first-order chi connectivity index (χ1) is 11.7. The Bertz CT molecular complexity index is 811. The Hall–Kier alpha value is -1.26. The van der Waals surface area contributed by atoms with Crippen LogP contribution in [-0.2, 0) is 9.59 Å². The van der Waals surface area contributed by atoms with Crippen LogP contribution in [0.1, 0.15) is 25.7 Å². The van der Waals surface area contributed by atoms with Gasteiger partial charge in [0.1, 0.15) is 0 Å². The van der Waals surface area contributed by atoms with Crippen molar-refractivity contribution in [3.8, 4) is 0 Å². The van der Waals surface area contributed by atoms with Crippen LogP contribution in [0.4, 0.5) is 0 Å². The fourth-order valence-electron chi connectivity index (χ4n) is 5.00. The molecule has 4 atom stereocenters. The van der Waals surface area contributed by atoms with E-state index in [-0.39, 0.29) is 23.4 Å². The van der Waals surface area contributed by atoms with E-state index < -0.39 is 0 Å². The molecule has 6 aliphatic carbocycles. The first-order valence-electron chi connectivity index (χ1n) is 8.76. The molecule has 24 heavy (non-hydrogen) atoms. The zero-order chi connectivity index (χ0) is 16.0. The largest absolute Gasteiger partial charge is 0.288 e. The SMILES string of the molecule is O=C1C2=C(S/C1=C1/SC3=C(C1=O)C1C=CC3CC1)C1C=CC2CC1. The molecule has 2 nitrogen and oxygen atoms in total. The van der Waals surface area contributed by atoms with Crippen molar-refractivity contribution in [2.75, 3.05) is 0 Å². The molecule has 0 saturated carbocycles. The highest BCUT2D eigenvalue weighted by Crippen LogP contribution is 2.59. The molecule has 0 aromatic carbocycles. The lowest BCUT2D eigenvalue weighted by atomic mass is 9.74. The summed E-state index contributed by atoms with van der Waals surface area (Å²) >= 11 is 3.21. The molecular weight excluding hydrogens is 336 g/mol. The van der Waals surface area contributed by atoms with Gasteiger partial charge in [0.25, 0.3) is 0 Å². The predicted octanol–water partition coefficient (Wildman–Crippen LogP) is 4.53. The number of rotatable bonds is 0. The third kappa shape index (κ3) is 1.62. The highest BCUT2D eigenvalue weighted by molar-refractivity contribution is 8.12. The Balaban J connectivity index is 1.42. The fourth-order valence-corrected chi connectivity index (χ4v) is 7.87. The van der Waals surface area contributed by atoms with Crippen molar-refractivity contribution in [3.63, 3.8) is 0 Å². The minimum atomic E-state index is 0.144. The molecule has 0 spiro atoms. The number of carbonyl (C=O) groups excluding carboxylic acids is 2. The number of fused-ring (bicyclic) bond motifs is 2. The molecule has 0 aromatic rings. The van der Waals surface area contributed by atoms with Gasteiger partial charge >= 0.3 is 0 Å². The van der Waals surface area contributed by atoms with Crippen LogP contribution in [0, 0.1) is 23.7 Å². The summed E-state index contributed by atoms with van der Waals surface area (Å²) in [5.74, 6) is 1.66. The molecule has 0 saturated heterocycles. The van der Waals surface area contributed by atoms with Gasteiger partial charge in [-0.15, -0.1) is 0 Å². The molecule has 8 rings (SSSR count). The fraction of sp³-hybridized carbons (Fsp3) is 0.400. The Kier molecular flexibility index (Phi) is 2.72. The molecule has 4 heteroatoms. The van der Waals surface area contributed by atoms with Crippen molar-refractivity contribution in [2.24, 2.45) is 23.7 Å². The van der Waals surface area contributed by atoms with Gasteiger partial charge in [-0.1, -0.05) is 47.8 Å². The third-order valence-electron chi connectivity index (χ3n) is 6.21. The van der Waals surface area contributed by atoms with Crippen LogP contribution in [0.5, 0.6) is 0 Å². The summed E-state index contributed by atoms with van der Waals surface area (Å²) in [6.45, 7) is 0. The lowest BCUT2D eigenvalue weighted by Crippen LogP contribution is -2.22. The molecule has 4 unspecified atom stereocenters. The van der Waals surface area contributed by atoms with Crippen molar-refractivity contribution in [3.05, 3.63) is 55.1 Å². The van der Waals surface area contributed by atoms with Gasteiger partial charge < -0.3 is 0 Å². The smallest absolute Gasteiger partial charge is 0.198 e. The molecule has 4 bridgehead atoms. The predicted molar refractivity (Wildman–Crippen MR) is 97.0 cm³/mol. The van der Waals surface area contributed by atoms with E-state index in [1.54, 1.807) is 23.5 Å². The Labute approximate surface area is 149 Å². The molecule has 0 N–H and O–H groups in total. The van der Waals surface area contributed by atoms with E-state index in [1.165, 1.54) is 9.81 Å². The van der Waals surface area contributed by atoms with Gasteiger partial charge in [0.15, 0.2) is 11.6 Å².